The highest BCUT2D eigenvalue weighted by atomic mass is 32.2. The fourth-order valence-electron chi connectivity index (χ4n) is 3.66. The molecule has 1 aliphatic carbocycles. The lowest BCUT2D eigenvalue weighted by atomic mass is 9.89. The van der Waals surface area contributed by atoms with Crippen molar-refractivity contribution < 1.29 is 13.2 Å². The average Bonchev–Trinajstić information content (AvgIpc) is 3.22. The lowest BCUT2D eigenvalue weighted by molar-refractivity contribution is 0.274. The second-order valence-electron chi connectivity index (χ2n) is 7.55. The van der Waals surface area contributed by atoms with Crippen molar-refractivity contribution in [3.8, 4) is 5.75 Å². The number of aromatic nitrogens is 2. The lowest BCUT2D eigenvalue weighted by Crippen LogP contribution is -2.35. The summed E-state index contributed by atoms with van der Waals surface area (Å²) in [5.74, 6) is 1.13. The van der Waals surface area contributed by atoms with E-state index in [9.17, 15) is 8.42 Å². The monoisotopic (exact) mass is 405 g/mol. The first-order valence-electron chi connectivity index (χ1n) is 10.3. The number of ether oxygens (including phenoxy) is 1. The van der Waals surface area contributed by atoms with Crippen molar-refractivity contribution in [2.75, 3.05) is 13.2 Å². The molecule has 3 rings (SSSR count). The molecule has 0 radical (unpaired) electrons. The first kappa shape index (κ1) is 20.9. The largest absolute Gasteiger partial charge is 0.494 e. The van der Waals surface area contributed by atoms with Crippen molar-refractivity contribution >= 4 is 10.0 Å². The fourth-order valence-corrected chi connectivity index (χ4v) is 5.15. The number of hydrogen-bond acceptors (Lipinski definition) is 4. The predicted molar refractivity (Wildman–Crippen MR) is 110 cm³/mol. The predicted octanol–water partition coefficient (Wildman–Crippen LogP) is 4.36. The Bertz CT molecular complexity index is 798. The maximum atomic E-state index is 13.4. The maximum Gasteiger partial charge on any atom is 0.243 e. The normalized spacial score (nSPS) is 15.8. The van der Waals surface area contributed by atoms with Crippen LogP contribution in [0.25, 0.3) is 0 Å². The number of benzene rings is 1. The molecule has 1 N–H and O–H groups in total. The molecular formula is C21H31N3O3S. The van der Waals surface area contributed by atoms with E-state index < -0.39 is 10.0 Å². The third kappa shape index (κ3) is 5.58. The first-order chi connectivity index (χ1) is 13.6. The summed E-state index contributed by atoms with van der Waals surface area (Å²) in [5.41, 5.74) is 0.805. The fraction of sp³-hybridized carbons (Fsp3) is 0.571. The minimum atomic E-state index is -3.59. The van der Waals surface area contributed by atoms with Gasteiger partial charge in [-0.1, -0.05) is 32.6 Å². The molecule has 2 aromatic rings. The number of nitrogens with zero attached hydrogens (tertiary/aromatic N) is 2. The molecule has 0 amide bonds. The molecule has 28 heavy (non-hydrogen) atoms. The lowest BCUT2D eigenvalue weighted by Gasteiger charge is -2.29. The third-order valence-electron chi connectivity index (χ3n) is 5.32. The summed E-state index contributed by atoms with van der Waals surface area (Å²) in [6, 6.07) is 6.80. The number of H-pyrrole nitrogens is 1. The van der Waals surface area contributed by atoms with E-state index in [1.54, 1.807) is 41.1 Å². The Labute approximate surface area is 168 Å². The van der Waals surface area contributed by atoms with Gasteiger partial charge in [0.25, 0.3) is 0 Å². The van der Waals surface area contributed by atoms with E-state index in [1.807, 2.05) is 0 Å². The van der Waals surface area contributed by atoms with Gasteiger partial charge in [-0.3, -0.25) is 0 Å². The number of hydrogen-bond donors (Lipinski definition) is 1. The SMILES string of the molecule is CCCCOc1ccc(S(=O)(=O)N(Cc2cnc[nH]2)CC2CCCCC2)cc1. The molecule has 0 spiro atoms. The number of unbranched alkanes of at least 4 members (excludes halogenated alkanes) is 1. The van der Waals surface area contributed by atoms with Gasteiger partial charge >= 0.3 is 0 Å². The molecule has 1 aromatic heterocycles. The minimum Gasteiger partial charge on any atom is -0.494 e. The standard InChI is InChI=1S/C21H31N3O3S/c1-2-3-13-27-20-9-11-21(12-10-20)28(25,26)24(16-19-14-22-17-23-19)15-18-7-5-4-6-8-18/h9-12,14,17-18H,2-8,13,15-16H2,1H3,(H,22,23). The number of imidazole rings is 1. The van der Waals surface area contributed by atoms with Gasteiger partial charge in [-0.15, -0.1) is 0 Å². The van der Waals surface area contributed by atoms with Gasteiger partial charge in [-0.2, -0.15) is 4.31 Å². The second kappa shape index (κ2) is 10.1. The number of rotatable bonds is 10. The summed E-state index contributed by atoms with van der Waals surface area (Å²) in [7, 11) is -3.59. The molecule has 0 atom stereocenters. The summed E-state index contributed by atoms with van der Waals surface area (Å²) in [6.07, 6.45) is 11.1. The second-order valence-corrected chi connectivity index (χ2v) is 9.49. The van der Waals surface area contributed by atoms with Crippen LogP contribution in [0.2, 0.25) is 0 Å². The Morgan fingerprint density at radius 1 is 1.18 bits per heavy atom. The van der Waals surface area contributed by atoms with Gasteiger partial charge < -0.3 is 9.72 Å². The Hall–Kier alpha value is -1.86. The van der Waals surface area contributed by atoms with Crippen molar-refractivity contribution in [3.05, 3.63) is 42.5 Å². The van der Waals surface area contributed by atoms with Crippen molar-refractivity contribution in [2.45, 2.75) is 63.3 Å². The molecule has 0 bridgehead atoms. The number of sulfonamides is 1. The van der Waals surface area contributed by atoms with Crippen molar-refractivity contribution in [1.29, 1.82) is 0 Å². The number of nitrogens with one attached hydrogen (secondary N) is 1. The van der Waals surface area contributed by atoms with Crippen LogP contribution in [0.15, 0.2) is 41.7 Å². The molecule has 0 unspecified atom stereocenters. The van der Waals surface area contributed by atoms with Crippen molar-refractivity contribution in [2.24, 2.45) is 5.92 Å². The van der Waals surface area contributed by atoms with Crippen LogP contribution < -0.4 is 4.74 Å². The van der Waals surface area contributed by atoms with E-state index in [-0.39, 0.29) is 0 Å². The van der Waals surface area contributed by atoms with E-state index in [0.717, 1.165) is 31.4 Å². The van der Waals surface area contributed by atoms with Gasteiger partial charge in [0.2, 0.25) is 10.0 Å². The summed E-state index contributed by atoms with van der Waals surface area (Å²) < 4.78 is 34.0. The van der Waals surface area contributed by atoms with Gasteiger partial charge in [-0.25, -0.2) is 13.4 Å². The van der Waals surface area contributed by atoms with Crippen LogP contribution >= 0.6 is 0 Å². The number of aromatic amines is 1. The molecule has 6 nitrogen and oxygen atoms in total. The van der Waals surface area contributed by atoms with Gasteiger partial charge in [0.15, 0.2) is 0 Å². The Balaban J connectivity index is 1.76. The van der Waals surface area contributed by atoms with Gasteiger partial charge in [0, 0.05) is 18.4 Å². The van der Waals surface area contributed by atoms with Crippen molar-refractivity contribution in [3.63, 3.8) is 0 Å². The van der Waals surface area contributed by atoms with Gasteiger partial charge in [0.1, 0.15) is 5.75 Å². The summed E-state index contributed by atoms with van der Waals surface area (Å²) in [4.78, 5) is 7.37. The topological polar surface area (TPSA) is 75.3 Å². The molecule has 1 fully saturated rings. The van der Waals surface area contributed by atoms with Crippen LogP contribution in [0.4, 0.5) is 0 Å². The van der Waals surface area contributed by atoms with E-state index in [4.69, 9.17) is 4.74 Å². The Morgan fingerprint density at radius 2 is 1.93 bits per heavy atom. The van der Waals surface area contributed by atoms with Crippen LogP contribution in [0.3, 0.4) is 0 Å². The zero-order valence-corrected chi connectivity index (χ0v) is 17.5. The highest BCUT2D eigenvalue weighted by molar-refractivity contribution is 7.89. The zero-order valence-electron chi connectivity index (χ0n) is 16.6. The molecule has 1 aromatic carbocycles. The highest BCUT2D eigenvalue weighted by Gasteiger charge is 2.28. The maximum absolute atomic E-state index is 13.4. The van der Waals surface area contributed by atoms with Gasteiger partial charge in [0.05, 0.1) is 24.4 Å². The molecule has 154 valence electrons. The molecule has 0 saturated heterocycles. The molecule has 1 aliphatic rings. The molecule has 1 heterocycles. The Kier molecular flexibility index (Phi) is 7.50. The smallest absolute Gasteiger partial charge is 0.243 e. The summed E-state index contributed by atoms with van der Waals surface area (Å²) in [6.45, 7) is 3.62. The summed E-state index contributed by atoms with van der Waals surface area (Å²) >= 11 is 0. The summed E-state index contributed by atoms with van der Waals surface area (Å²) in [5, 5.41) is 0. The van der Waals surface area contributed by atoms with E-state index in [2.05, 4.69) is 16.9 Å². The molecule has 7 heteroatoms. The molecule has 0 aliphatic heterocycles. The van der Waals surface area contributed by atoms with Crippen LogP contribution in [0, 0.1) is 5.92 Å². The average molecular weight is 406 g/mol. The van der Waals surface area contributed by atoms with Crippen LogP contribution in [0.1, 0.15) is 57.6 Å². The third-order valence-corrected chi connectivity index (χ3v) is 7.14. The zero-order chi connectivity index (χ0) is 19.8. The Morgan fingerprint density at radius 3 is 2.57 bits per heavy atom. The van der Waals surface area contributed by atoms with Crippen LogP contribution in [-0.4, -0.2) is 35.8 Å². The quantitative estimate of drug-likeness (QED) is 0.596. The van der Waals surface area contributed by atoms with Crippen LogP contribution in [0.5, 0.6) is 5.75 Å². The van der Waals surface area contributed by atoms with E-state index in [0.29, 0.717) is 36.3 Å². The van der Waals surface area contributed by atoms with Gasteiger partial charge in [-0.05, 0) is 49.4 Å². The molecular weight excluding hydrogens is 374 g/mol. The minimum absolute atomic E-state index is 0.311. The van der Waals surface area contributed by atoms with E-state index >= 15 is 0 Å². The van der Waals surface area contributed by atoms with E-state index in [1.165, 1.54) is 19.3 Å². The van der Waals surface area contributed by atoms with Crippen LogP contribution in [-0.2, 0) is 16.6 Å². The first-order valence-corrected chi connectivity index (χ1v) is 11.7. The van der Waals surface area contributed by atoms with Crippen molar-refractivity contribution in [1.82, 2.24) is 14.3 Å². The highest BCUT2D eigenvalue weighted by Crippen LogP contribution is 2.28. The molecule has 1 saturated carbocycles.